The molecule has 0 saturated carbocycles. The second-order valence-corrected chi connectivity index (χ2v) is 5.42. The van der Waals surface area contributed by atoms with Crippen LogP contribution in [0.2, 0.25) is 0 Å². The number of carbonyl (C=O) groups excluding carboxylic acids is 3. The Morgan fingerprint density at radius 2 is 1.82 bits per heavy atom. The number of alkyl carbamates (subject to hydrolysis) is 1. The molecular weight excluding hydrogens is 293 g/mol. The van der Waals surface area contributed by atoms with Crippen LogP contribution >= 0.6 is 0 Å². The number of nitrogens with one attached hydrogen (secondary N) is 1. The van der Waals surface area contributed by atoms with Gasteiger partial charge in [0.15, 0.2) is 6.61 Å². The van der Waals surface area contributed by atoms with Crippen molar-refractivity contribution in [2.45, 2.75) is 26.4 Å². The van der Waals surface area contributed by atoms with E-state index < -0.39 is 42.4 Å². The third kappa shape index (κ3) is 6.34. The van der Waals surface area contributed by atoms with Crippen LogP contribution in [0.25, 0.3) is 0 Å². The van der Waals surface area contributed by atoms with E-state index in [0.29, 0.717) is 0 Å². The van der Waals surface area contributed by atoms with Gasteiger partial charge in [-0.3, -0.25) is 9.59 Å². The Balaban J connectivity index is 2.36. The lowest BCUT2D eigenvalue weighted by atomic mass is 10.1. The third-order valence-corrected chi connectivity index (χ3v) is 2.31. The first-order valence-electron chi connectivity index (χ1n) is 6.59. The van der Waals surface area contributed by atoms with E-state index in [4.69, 9.17) is 4.74 Å². The van der Waals surface area contributed by atoms with Gasteiger partial charge in [-0.15, -0.1) is 0 Å². The Labute approximate surface area is 127 Å². The van der Waals surface area contributed by atoms with Crippen molar-refractivity contribution in [3.05, 3.63) is 35.6 Å². The van der Waals surface area contributed by atoms with Crippen LogP contribution in [0.3, 0.4) is 0 Å². The molecule has 0 saturated heterocycles. The largest absolute Gasteiger partial charge is 0.456 e. The molecule has 0 radical (unpaired) electrons. The molecule has 0 bridgehead atoms. The molecule has 0 aliphatic rings. The first kappa shape index (κ1) is 17.6. The molecule has 7 heteroatoms. The van der Waals surface area contributed by atoms with Crippen LogP contribution in [-0.4, -0.2) is 36.6 Å². The van der Waals surface area contributed by atoms with Crippen LogP contribution < -0.4 is 5.32 Å². The maximum atomic E-state index is 13.3. The minimum atomic E-state index is -0.824. The van der Waals surface area contributed by atoms with E-state index in [1.54, 1.807) is 20.8 Å². The summed E-state index contributed by atoms with van der Waals surface area (Å²) in [6.45, 7) is 3.99. The molecule has 1 aromatic carbocycles. The van der Waals surface area contributed by atoms with Gasteiger partial charge in [0.05, 0.1) is 5.56 Å². The van der Waals surface area contributed by atoms with E-state index in [2.05, 4.69) is 10.1 Å². The van der Waals surface area contributed by atoms with Gasteiger partial charge in [0.2, 0.25) is 5.78 Å². The molecule has 22 heavy (non-hydrogen) atoms. The number of halogens is 1. The smallest absolute Gasteiger partial charge is 0.408 e. The number of hydrogen-bond donors (Lipinski definition) is 1. The van der Waals surface area contributed by atoms with E-state index >= 15 is 0 Å². The highest BCUT2D eigenvalue weighted by Gasteiger charge is 2.18. The van der Waals surface area contributed by atoms with Gasteiger partial charge in [-0.1, -0.05) is 12.1 Å². The van der Waals surface area contributed by atoms with Crippen molar-refractivity contribution in [2.24, 2.45) is 0 Å². The summed E-state index contributed by atoms with van der Waals surface area (Å²) in [6.07, 6.45) is -0.773. The molecule has 0 aliphatic heterocycles. The van der Waals surface area contributed by atoms with Crippen molar-refractivity contribution >= 4 is 17.8 Å². The molecule has 0 aliphatic carbocycles. The zero-order valence-electron chi connectivity index (χ0n) is 12.6. The standard InChI is InChI=1S/C15H18FNO5/c1-15(2,3)22-14(20)17-8-13(19)21-9-12(18)10-6-4-5-7-11(10)16/h4-7H,8-9H2,1-3H3,(H,17,20). The molecule has 0 unspecified atom stereocenters. The SMILES string of the molecule is CC(C)(C)OC(=O)NCC(=O)OCC(=O)c1ccccc1F. The van der Waals surface area contributed by atoms with Crippen molar-refractivity contribution in [2.75, 3.05) is 13.2 Å². The third-order valence-electron chi connectivity index (χ3n) is 2.31. The maximum Gasteiger partial charge on any atom is 0.408 e. The van der Waals surface area contributed by atoms with Gasteiger partial charge in [0, 0.05) is 0 Å². The monoisotopic (exact) mass is 311 g/mol. The van der Waals surface area contributed by atoms with Crippen LogP contribution in [0.5, 0.6) is 0 Å². The molecule has 0 spiro atoms. The summed E-state index contributed by atoms with van der Waals surface area (Å²) >= 11 is 0. The van der Waals surface area contributed by atoms with Crippen LogP contribution in [0.15, 0.2) is 24.3 Å². The summed E-state index contributed by atoms with van der Waals surface area (Å²) in [5.41, 5.74) is -0.843. The van der Waals surface area contributed by atoms with Gasteiger partial charge in [0.1, 0.15) is 18.0 Å². The lowest BCUT2D eigenvalue weighted by Gasteiger charge is -2.19. The number of hydrogen-bond acceptors (Lipinski definition) is 5. The Morgan fingerprint density at radius 3 is 2.41 bits per heavy atom. The zero-order chi connectivity index (χ0) is 16.8. The van der Waals surface area contributed by atoms with Crippen molar-refractivity contribution < 1.29 is 28.2 Å². The minimum absolute atomic E-state index is 0.157. The lowest BCUT2D eigenvalue weighted by Crippen LogP contribution is -2.36. The average Bonchev–Trinajstić information content (AvgIpc) is 2.41. The normalized spacial score (nSPS) is 10.7. The fraction of sp³-hybridized carbons (Fsp3) is 0.400. The minimum Gasteiger partial charge on any atom is -0.456 e. The number of ether oxygens (including phenoxy) is 2. The summed E-state index contributed by atoms with van der Waals surface area (Å²) in [5, 5.41) is 2.19. The lowest BCUT2D eigenvalue weighted by molar-refractivity contribution is -0.141. The molecule has 1 aromatic rings. The highest BCUT2D eigenvalue weighted by molar-refractivity contribution is 5.98. The maximum absolute atomic E-state index is 13.3. The quantitative estimate of drug-likeness (QED) is 0.665. The second-order valence-electron chi connectivity index (χ2n) is 5.42. The van der Waals surface area contributed by atoms with Crippen molar-refractivity contribution in [1.82, 2.24) is 5.32 Å². The molecule has 6 nitrogen and oxygen atoms in total. The van der Waals surface area contributed by atoms with Gasteiger partial charge < -0.3 is 14.8 Å². The molecule has 0 aromatic heterocycles. The highest BCUT2D eigenvalue weighted by atomic mass is 19.1. The molecule has 1 rings (SSSR count). The molecule has 0 atom stereocenters. The van der Waals surface area contributed by atoms with Crippen molar-refractivity contribution in [3.63, 3.8) is 0 Å². The van der Waals surface area contributed by atoms with E-state index in [0.717, 1.165) is 6.07 Å². The number of rotatable bonds is 5. The van der Waals surface area contributed by atoms with Gasteiger partial charge >= 0.3 is 12.1 Å². The molecule has 1 amide bonds. The summed E-state index contributed by atoms with van der Waals surface area (Å²) in [6, 6.07) is 5.38. The van der Waals surface area contributed by atoms with E-state index in [-0.39, 0.29) is 5.56 Å². The van der Waals surface area contributed by atoms with E-state index in [1.165, 1.54) is 18.2 Å². The number of benzene rings is 1. The first-order chi connectivity index (χ1) is 10.2. The predicted molar refractivity (Wildman–Crippen MR) is 75.9 cm³/mol. The van der Waals surface area contributed by atoms with Crippen molar-refractivity contribution in [3.8, 4) is 0 Å². The van der Waals surface area contributed by atoms with E-state index in [9.17, 15) is 18.8 Å². The Hall–Kier alpha value is -2.44. The van der Waals surface area contributed by atoms with Gasteiger partial charge in [-0.25, -0.2) is 9.18 Å². The second kappa shape index (κ2) is 7.53. The zero-order valence-corrected chi connectivity index (χ0v) is 12.6. The number of ketones is 1. The highest BCUT2D eigenvalue weighted by Crippen LogP contribution is 2.08. The Bertz CT molecular complexity index is 565. The first-order valence-corrected chi connectivity index (χ1v) is 6.59. The summed E-state index contributed by atoms with van der Waals surface area (Å²) in [5.74, 6) is -2.17. The fourth-order valence-corrected chi connectivity index (χ4v) is 1.42. The average molecular weight is 311 g/mol. The number of Topliss-reactive ketones (excluding diaryl/α,β-unsaturated/α-hetero) is 1. The molecule has 120 valence electrons. The number of esters is 1. The molecular formula is C15H18FNO5. The number of carbonyl (C=O) groups is 3. The Kier molecular flexibility index (Phi) is 6.03. The predicted octanol–water partition coefficient (Wildman–Crippen LogP) is 2.08. The van der Waals surface area contributed by atoms with Crippen molar-refractivity contribution in [1.29, 1.82) is 0 Å². The van der Waals surface area contributed by atoms with Gasteiger partial charge in [-0.05, 0) is 32.9 Å². The van der Waals surface area contributed by atoms with Crippen LogP contribution in [0.4, 0.5) is 9.18 Å². The molecule has 1 N–H and O–H groups in total. The summed E-state index contributed by atoms with van der Waals surface area (Å²) in [4.78, 5) is 34.4. The van der Waals surface area contributed by atoms with E-state index in [1.807, 2.05) is 0 Å². The summed E-state index contributed by atoms with van der Waals surface area (Å²) < 4.78 is 22.9. The van der Waals surface area contributed by atoms with Crippen LogP contribution in [-0.2, 0) is 14.3 Å². The Morgan fingerprint density at radius 1 is 1.18 bits per heavy atom. The van der Waals surface area contributed by atoms with Crippen LogP contribution in [0.1, 0.15) is 31.1 Å². The van der Waals surface area contributed by atoms with Crippen LogP contribution in [0, 0.1) is 5.82 Å². The summed E-state index contributed by atoms with van der Waals surface area (Å²) in [7, 11) is 0. The fourth-order valence-electron chi connectivity index (χ4n) is 1.42. The van der Waals surface area contributed by atoms with Gasteiger partial charge in [0.25, 0.3) is 0 Å². The topological polar surface area (TPSA) is 81.7 Å². The molecule has 0 fully saturated rings. The van der Waals surface area contributed by atoms with Gasteiger partial charge in [-0.2, -0.15) is 0 Å². The number of amides is 1. The molecule has 0 heterocycles.